The number of nitrogens with zero attached hydrogens (tertiary/aromatic N) is 1. The molecular formula is C21H28N2O2S. The minimum atomic E-state index is -0.0249. The molecule has 5 heteroatoms. The van der Waals surface area contributed by atoms with Crippen LogP contribution in [-0.4, -0.2) is 37.0 Å². The molecule has 1 aromatic carbocycles. The molecule has 1 fully saturated rings. The van der Waals surface area contributed by atoms with Gasteiger partial charge in [0.1, 0.15) is 5.75 Å². The quantitative estimate of drug-likeness (QED) is 0.778. The van der Waals surface area contributed by atoms with E-state index in [-0.39, 0.29) is 11.9 Å². The molecule has 0 radical (unpaired) electrons. The van der Waals surface area contributed by atoms with Crippen LogP contribution < -0.4 is 10.1 Å². The molecule has 0 spiro atoms. The third kappa shape index (κ3) is 5.08. The van der Waals surface area contributed by atoms with Crippen LogP contribution >= 0.6 is 11.3 Å². The first-order chi connectivity index (χ1) is 12.8. The third-order valence-corrected chi connectivity index (χ3v) is 5.59. The zero-order chi connectivity index (χ0) is 18.2. The lowest BCUT2D eigenvalue weighted by Crippen LogP contribution is -2.38. The molecule has 1 atom stereocenters. The van der Waals surface area contributed by atoms with E-state index in [4.69, 9.17) is 4.74 Å². The number of ether oxygens (including phenoxy) is 1. The fraction of sp³-hybridized carbons (Fsp3) is 0.476. The second-order valence-electron chi connectivity index (χ2n) is 6.69. The Balaban J connectivity index is 1.64. The summed E-state index contributed by atoms with van der Waals surface area (Å²) in [5.74, 6) is 0.771. The van der Waals surface area contributed by atoms with Crippen molar-refractivity contribution < 1.29 is 9.53 Å². The van der Waals surface area contributed by atoms with Crippen molar-refractivity contribution in [3.8, 4) is 5.75 Å². The van der Waals surface area contributed by atoms with Crippen molar-refractivity contribution in [2.75, 3.05) is 26.2 Å². The van der Waals surface area contributed by atoms with Crippen LogP contribution in [0, 0.1) is 0 Å². The van der Waals surface area contributed by atoms with Crippen LogP contribution in [0.5, 0.6) is 5.75 Å². The highest BCUT2D eigenvalue weighted by Gasteiger charge is 2.22. The first-order valence-corrected chi connectivity index (χ1v) is 10.5. The van der Waals surface area contributed by atoms with Crippen molar-refractivity contribution >= 4 is 17.2 Å². The molecule has 1 aliphatic heterocycles. The zero-order valence-electron chi connectivity index (χ0n) is 15.4. The molecule has 2 aromatic rings. The fourth-order valence-electron chi connectivity index (χ4n) is 3.49. The normalized spacial score (nSPS) is 16.7. The minimum Gasteiger partial charge on any atom is -0.494 e. The lowest BCUT2D eigenvalue weighted by Gasteiger charge is -2.30. The predicted molar refractivity (Wildman–Crippen MR) is 107 cm³/mol. The van der Waals surface area contributed by atoms with E-state index in [1.54, 1.807) is 11.3 Å². The summed E-state index contributed by atoms with van der Waals surface area (Å²) in [6, 6.07) is 9.79. The molecule has 0 saturated carbocycles. The van der Waals surface area contributed by atoms with Crippen molar-refractivity contribution in [2.45, 2.75) is 38.6 Å². The SMILES string of the molecule is CCOc1ccc(C(=O)NCC(c2ccsc2)N2CCCCCC2)cc1. The highest BCUT2D eigenvalue weighted by atomic mass is 32.1. The summed E-state index contributed by atoms with van der Waals surface area (Å²) in [7, 11) is 0. The molecule has 2 heterocycles. The number of thiophene rings is 1. The van der Waals surface area contributed by atoms with Gasteiger partial charge in [0.15, 0.2) is 0 Å². The summed E-state index contributed by atoms with van der Waals surface area (Å²) in [6.45, 7) is 5.44. The van der Waals surface area contributed by atoms with E-state index in [0.29, 0.717) is 18.7 Å². The van der Waals surface area contributed by atoms with Gasteiger partial charge in [0, 0.05) is 12.1 Å². The highest BCUT2D eigenvalue weighted by Crippen LogP contribution is 2.25. The van der Waals surface area contributed by atoms with E-state index in [0.717, 1.165) is 18.8 Å². The van der Waals surface area contributed by atoms with Gasteiger partial charge in [-0.15, -0.1) is 0 Å². The third-order valence-electron chi connectivity index (χ3n) is 4.89. The van der Waals surface area contributed by atoms with Gasteiger partial charge in [-0.2, -0.15) is 11.3 Å². The Morgan fingerprint density at radius 2 is 1.88 bits per heavy atom. The first-order valence-electron chi connectivity index (χ1n) is 9.55. The van der Waals surface area contributed by atoms with Gasteiger partial charge in [-0.05, 0) is 79.5 Å². The molecular weight excluding hydrogens is 344 g/mol. The van der Waals surface area contributed by atoms with Crippen LogP contribution in [0.2, 0.25) is 0 Å². The van der Waals surface area contributed by atoms with Gasteiger partial charge in [0.25, 0.3) is 5.91 Å². The molecule has 1 amide bonds. The Kier molecular flexibility index (Phi) is 7.09. The van der Waals surface area contributed by atoms with Gasteiger partial charge >= 0.3 is 0 Å². The van der Waals surface area contributed by atoms with E-state index < -0.39 is 0 Å². The number of carbonyl (C=O) groups excluding carboxylic acids is 1. The molecule has 1 aliphatic rings. The smallest absolute Gasteiger partial charge is 0.251 e. The lowest BCUT2D eigenvalue weighted by molar-refractivity contribution is 0.0933. The molecule has 1 N–H and O–H groups in total. The van der Waals surface area contributed by atoms with E-state index in [1.165, 1.54) is 31.2 Å². The van der Waals surface area contributed by atoms with Gasteiger partial charge in [-0.1, -0.05) is 12.8 Å². The zero-order valence-corrected chi connectivity index (χ0v) is 16.3. The van der Waals surface area contributed by atoms with Crippen LogP contribution in [-0.2, 0) is 0 Å². The summed E-state index contributed by atoms with van der Waals surface area (Å²) >= 11 is 1.72. The molecule has 4 nitrogen and oxygen atoms in total. The number of hydrogen-bond acceptors (Lipinski definition) is 4. The van der Waals surface area contributed by atoms with Crippen molar-refractivity contribution in [3.63, 3.8) is 0 Å². The van der Waals surface area contributed by atoms with Crippen LogP contribution in [0.4, 0.5) is 0 Å². The number of hydrogen-bond donors (Lipinski definition) is 1. The predicted octanol–water partition coefficient (Wildman–Crippen LogP) is 4.49. The number of benzene rings is 1. The van der Waals surface area contributed by atoms with Crippen molar-refractivity contribution in [2.24, 2.45) is 0 Å². The molecule has 26 heavy (non-hydrogen) atoms. The van der Waals surface area contributed by atoms with Crippen molar-refractivity contribution in [1.29, 1.82) is 0 Å². The van der Waals surface area contributed by atoms with E-state index in [2.05, 4.69) is 27.0 Å². The summed E-state index contributed by atoms with van der Waals surface area (Å²) in [6.07, 6.45) is 5.11. The monoisotopic (exact) mass is 372 g/mol. The molecule has 140 valence electrons. The van der Waals surface area contributed by atoms with Crippen LogP contribution in [0.25, 0.3) is 0 Å². The molecule has 0 bridgehead atoms. The van der Waals surface area contributed by atoms with E-state index >= 15 is 0 Å². The van der Waals surface area contributed by atoms with Gasteiger partial charge in [0.2, 0.25) is 0 Å². The van der Waals surface area contributed by atoms with Crippen LogP contribution in [0.15, 0.2) is 41.1 Å². The maximum Gasteiger partial charge on any atom is 0.251 e. The number of likely N-dealkylation sites (tertiary alicyclic amines) is 1. The Labute approximate surface area is 160 Å². The van der Waals surface area contributed by atoms with Gasteiger partial charge in [-0.25, -0.2) is 0 Å². The van der Waals surface area contributed by atoms with E-state index in [1.807, 2.05) is 31.2 Å². The minimum absolute atomic E-state index is 0.0249. The van der Waals surface area contributed by atoms with Gasteiger partial charge < -0.3 is 10.1 Å². The van der Waals surface area contributed by atoms with Crippen molar-refractivity contribution in [3.05, 3.63) is 52.2 Å². The van der Waals surface area contributed by atoms with Gasteiger partial charge in [-0.3, -0.25) is 9.69 Å². The van der Waals surface area contributed by atoms with Crippen LogP contribution in [0.1, 0.15) is 54.6 Å². The number of amides is 1. The number of nitrogens with one attached hydrogen (secondary N) is 1. The summed E-state index contributed by atoms with van der Waals surface area (Å²) in [5, 5.41) is 7.47. The molecule has 1 unspecified atom stereocenters. The largest absolute Gasteiger partial charge is 0.494 e. The molecule has 1 saturated heterocycles. The maximum atomic E-state index is 12.6. The van der Waals surface area contributed by atoms with Crippen molar-refractivity contribution in [1.82, 2.24) is 10.2 Å². The Hall–Kier alpha value is -1.85. The highest BCUT2D eigenvalue weighted by molar-refractivity contribution is 7.07. The summed E-state index contributed by atoms with van der Waals surface area (Å²) in [4.78, 5) is 15.1. The second kappa shape index (κ2) is 9.74. The summed E-state index contributed by atoms with van der Waals surface area (Å²) in [5.41, 5.74) is 1.98. The maximum absolute atomic E-state index is 12.6. The second-order valence-corrected chi connectivity index (χ2v) is 7.47. The lowest BCUT2D eigenvalue weighted by atomic mass is 10.1. The van der Waals surface area contributed by atoms with Gasteiger partial charge in [0.05, 0.1) is 12.6 Å². The topological polar surface area (TPSA) is 41.6 Å². The Bertz CT molecular complexity index is 662. The first kappa shape index (κ1) is 18.9. The molecule has 3 rings (SSSR count). The fourth-order valence-corrected chi connectivity index (χ4v) is 4.20. The Morgan fingerprint density at radius 1 is 1.15 bits per heavy atom. The average molecular weight is 373 g/mol. The van der Waals surface area contributed by atoms with E-state index in [9.17, 15) is 4.79 Å². The standard InChI is InChI=1S/C21H28N2O2S/c1-2-25-19-9-7-17(8-10-19)21(24)22-15-20(18-11-14-26-16-18)23-12-5-3-4-6-13-23/h7-11,14,16,20H,2-6,12-13,15H2,1H3,(H,22,24). The number of carbonyl (C=O) groups is 1. The molecule has 0 aliphatic carbocycles. The Morgan fingerprint density at radius 3 is 2.50 bits per heavy atom. The van der Waals surface area contributed by atoms with Crippen LogP contribution in [0.3, 0.4) is 0 Å². The summed E-state index contributed by atoms with van der Waals surface area (Å²) < 4.78 is 5.44. The number of rotatable bonds is 7. The molecule has 1 aromatic heterocycles. The average Bonchev–Trinajstić information content (AvgIpc) is 3.05.